The number of aliphatic hydroxyl groups is 1. The molecule has 146 valence electrons. The van der Waals surface area contributed by atoms with Crippen LogP contribution in [-0.4, -0.2) is 46.4 Å². The van der Waals surface area contributed by atoms with Crippen molar-refractivity contribution in [3.8, 4) is 11.3 Å². The first kappa shape index (κ1) is 18.2. The van der Waals surface area contributed by atoms with Gasteiger partial charge < -0.3 is 15.7 Å². The van der Waals surface area contributed by atoms with Crippen molar-refractivity contribution >= 4 is 11.9 Å². The molecule has 8 nitrogen and oxygen atoms in total. The summed E-state index contributed by atoms with van der Waals surface area (Å²) in [6, 6.07) is 11.2. The Balaban J connectivity index is 1.66. The molecule has 0 spiro atoms. The maximum atomic E-state index is 12.7. The topological polar surface area (TPSA) is 94.8 Å². The third-order valence-electron chi connectivity index (χ3n) is 4.79. The molecule has 0 saturated heterocycles. The molecule has 28 heavy (non-hydrogen) atoms. The Hall–Kier alpha value is -3.13. The third kappa shape index (κ3) is 3.63. The Kier molecular flexibility index (Phi) is 5.12. The van der Waals surface area contributed by atoms with Crippen LogP contribution in [-0.2, 0) is 6.54 Å². The van der Waals surface area contributed by atoms with E-state index in [2.05, 4.69) is 15.6 Å². The second kappa shape index (κ2) is 7.85. The van der Waals surface area contributed by atoms with Crippen LogP contribution < -0.4 is 21.1 Å². The van der Waals surface area contributed by atoms with Gasteiger partial charge in [-0.05, 0) is 19.4 Å². The second-order valence-electron chi connectivity index (χ2n) is 6.93. The van der Waals surface area contributed by atoms with E-state index < -0.39 is 0 Å². The van der Waals surface area contributed by atoms with Crippen LogP contribution in [0.1, 0.15) is 13.3 Å². The molecular formula is C20H24N6O2. The van der Waals surface area contributed by atoms with Gasteiger partial charge in [0.05, 0.1) is 18.8 Å². The van der Waals surface area contributed by atoms with Crippen LogP contribution in [0.2, 0.25) is 0 Å². The quantitative estimate of drug-likeness (QED) is 0.729. The summed E-state index contributed by atoms with van der Waals surface area (Å²) in [5.41, 5.74) is 1.53. The number of anilines is 1. The highest BCUT2D eigenvalue weighted by molar-refractivity contribution is 5.83. The summed E-state index contributed by atoms with van der Waals surface area (Å²) in [7, 11) is 0. The molecule has 1 aromatic carbocycles. The Labute approximate surface area is 163 Å². The Morgan fingerprint density at radius 2 is 2.11 bits per heavy atom. The molecule has 8 heteroatoms. The summed E-state index contributed by atoms with van der Waals surface area (Å²) < 4.78 is 1.72. The molecule has 3 heterocycles. The molecule has 2 aromatic rings. The first-order valence-corrected chi connectivity index (χ1v) is 9.49. The first-order chi connectivity index (χ1) is 13.7. The van der Waals surface area contributed by atoms with Crippen LogP contribution in [0.4, 0.5) is 5.95 Å². The van der Waals surface area contributed by atoms with Gasteiger partial charge in [-0.1, -0.05) is 30.3 Å². The number of rotatable bonds is 4. The molecule has 0 bridgehead atoms. The van der Waals surface area contributed by atoms with Crippen LogP contribution in [0.3, 0.4) is 0 Å². The largest absolute Gasteiger partial charge is 0.394 e. The molecule has 0 fully saturated rings. The molecule has 2 aliphatic heterocycles. The molecule has 3 N–H and O–H groups in total. The lowest BCUT2D eigenvalue weighted by molar-refractivity contribution is 0.263. The molecule has 0 saturated carbocycles. The number of aliphatic imine (C=N–C) groups is 1. The van der Waals surface area contributed by atoms with Gasteiger partial charge >= 0.3 is 0 Å². The number of guanidine groups is 1. The summed E-state index contributed by atoms with van der Waals surface area (Å²) in [6.45, 7) is 3.82. The van der Waals surface area contributed by atoms with Gasteiger partial charge in [-0.3, -0.25) is 14.3 Å². The van der Waals surface area contributed by atoms with Gasteiger partial charge in [0, 0.05) is 30.8 Å². The van der Waals surface area contributed by atoms with Crippen molar-refractivity contribution < 1.29 is 5.11 Å². The fourth-order valence-corrected chi connectivity index (χ4v) is 3.36. The lowest BCUT2D eigenvalue weighted by atomic mass is 10.1. The van der Waals surface area contributed by atoms with E-state index in [1.807, 2.05) is 48.2 Å². The summed E-state index contributed by atoms with van der Waals surface area (Å²) in [6.07, 6.45) is 2.83. The molecule has 0 radical (unpaired) electrons. The number of aliphatic hydroxyl groups excluding tert-OH is 1. The number of nitrogens with zero attached hydrogens (tertiary/aromatic N) is 4. The zero-order valence-corrected chi connectivity index (χ0v) is 15.8. The van der Waals surface area contributed by atoms with Crippen LogP contribution in [0.25, 0.3) is 11.3 Å². The van der Waals surface area contributed by atoms with Crippen molar-refractivity contribution in [3.05, 3.63) is 58.6 Å². The van der Waals surface area contributed by atoms with E-state index in [-0.39, 0.29) is 18.2 Å². The lowest BCUT2D eigenvalue weighted by Crippen LogP contribution is -2.50. The minimum Gasteiger partial charge on any atom is -0.394 e. The number of hydrogen-bond acceptors (Lipinski definition) is 7. The van der Waals surface area contributed by atoms with Crippen LogP contribution >= 0.6 is 0 Å². The molecule has 4 rings (SSSR count). The zero-order valence-electron chi connectivity index (χ0n) is 15.8. The van der Waals surface area contributed by atoms with Crippen molar-refractivity contribution in [3.63, 3.8) is 0 Å². The summed E-state index contributed by atoms with van der Waals surface area (Å²) >= 11 is 0. The average Bonchev–Trinajstić information content (AvgIpc) is 2.74. The van der Waals surface area contributed by atoms with Crippen molar-refractivity contribution in [2.75, 3.05) is 24.6 Å². The Morgan fingerprint density at radius 1 is 1.29 bits per heavy atom. The number of hydrogen-bond donors (Lipinski definition) is 3. The zero-order chi connectivity index (χ0) is 19.5. The van der Waals surface area contributed by atoms with Crippen LogP contribution in [0.15, 0.2) is 58.1 Å². The van der Waals surface area contributed by atoms with E-state index in [1.54, 1.807) is 10.6 Å². The Morgan fingerprint density at radius 3 is 2.89 bits per heavy atom. The highest BCUT2D eigenvalue weighted by Gasteiger charge is 2.25. The van der Waals surface area contributed by atoms with Gasteiger partial charge in [-0.25, -0.2) is 9.98 Å². The lowest BCUT2D eigenvalue weighted by Gasteiger charge is -2.34. The van der Waals surface area contributed by atoms with Gasteiger partial charge in [-0.2, -0.15) is 0 Å². The SMILES string of the molecule is CC(CO)NC1=NCC=C(N2CCCn3c2nc(-c2ccccc2)cc3=O)N1. The van der Waals surface area contributed by atoms with Crippen molar-refractivity contribution in [1.82, 2.24) is 20.2 Å². The van der Waals surface area contributed by atoms with E-state index in [9.17, 15) is 9.90 Å². The van der Waals surface area contributed by atoms with Gasteiger partial charge in [0.2, 0.25) is 5.95 Å². The third-order valence-corrected chi connectivity index (χ3v) is 4.79. The number of aromatic nitrogens is 2. The smallest absolute Gasteiger partial charge is 0.255 e. The van der Waals surface area contributed by atoms with Crippen molar-refractivity contribution in [1.29, 1.82) is 0 Å². The van der Waals surface area contributed by atoms with E-state index in [1.165, 1.54) is 0 Å². The Bertz CT molecular complexity index is 966. The summed E-state index contributed by atoms with van der Waals surface area (Å²) in [4.78, 5) is 24.0. The standard InChI is InChI=1S/C20H24N6O2/c1-14(13-27)22-19-21-9-8-17(24-19)25-10-5-11-26-18(28)12-16(23-20(25)26)15-6-3-2-4-7-15/h2-4,6-8,12,14,27H,5,9-11,13H2,1H3,(H2,21,22,24). The number of benzene rings is 1. The van der Waals surface area contributed by atoms with Crippen molar-refractivity contribution in [2.24, 2.45) is 4.99 Å². The van der Waals surface area contributed by atoms with Crippen molar-refractivity contribution in [2.45, 2.75) is 25.9 Å². The van der Waals surface area contributed by atoms with Gasteiger partial charge in [0.1, 0.15) is 5.82 Å². The summed E-state index contributed by atoms with van der Waals surface area (Å²) in [5, 5.41) is 15.7. The highest BCUT2D eigenvalue weighted by Crippen LogP contribution is 2.24. The summed E-state index contributed by atoms with van der Waals surface area (Å²) in [5.74, 6) is 2.08. The minimum absolute atomic E-state index is 0.0175. The molecule has 0 aliphatic carbocycles. The second-order valence-corrected chi connectivity index (χ2v) is 6.93. The molecule has 1 atom stereocenters. The molecular weight excluding hydrogens is 356 g/mol. The first-order valence-electron chi connectivity index (χ1n) is 9.49. The predicted molar refractivity (Wildman–Crippen MR) is 109 cm³/mol. The fourth-order valence-electron chi connectivity index (χ4n) is 3.36. The van der Waals surface area contributed by atoms with E-state index >= 15 is 0 Å². The maximum Gasteiger partial charge on any atom is 0.255 e. The van der Waals surface area contributed by atoms with E-state index in [4.69, 9.17) is 4.98 Å². The van der Waals surface area contributed by atoms with Crippen LogP contribution in [0, 0.1) is 0 Å². The van der Waals surface area contributed by atoms with E-state index in [0.717, 1.165) is 24.4 Å². The molecule has 2 aliphatic rings. The molecule has 1 unspecified atom stereocenters. The van der Waals surface area contributed by atoms with Gasteiger partial charge in [0.15, 0.2) is 5.96 Å². The van der Waals surface area contributed by atoms with E-state index in [0.29, 0.717) is 30.7 Å². The predicted octanol–water partition coefficient (Wildman–Crippen LogP) is 0.891. The van der Waals surface area contributed by atoms with Gasteiger partial charge in [0.25, 0.3) is 5.56 Å². The molecule has 1 aromatic heterocycles. The minimum atomic E-state index is -0.107. The van der Waals surface area contributed by atoms with Crippen LogP contribution in [0.5, 0.6) is 0 Å². The number of fused-ring (bicyclic) bond motifs is 1. The normalized spacial score (nSPS) is 17.1. The number of nitrogens with one attached hydrogen (secondary N) is 2. The average molecular weight is 380 g/mol. The maximum absolute atomic E-state index is 12.7. The highest BCUT2D eigenvalue weighted by atomic mass is 16.3. The van der Waals surface area contributed by atoms with Gasteiger partial charge in [-0.15, -0.1) is 0 Å². The monoisotopic (exact) mass is 380 g/mol. The molecule has 0 amide bonds. The fraction of sp³-hybridized carbons (Fsp3) is 0.350.